The van der Waals surface area contributed by atoms with Crippen molar-refractivity contribution in [2.24, 2.45) is 0 Å². The molecule has 2 N–H and O–H groups in total. The molecule has 0 unspecified atom stereocenters. The maximum atomic E-state index is 13.7. The maximum Gasteiger partial charge on any atom is 0.260 e. The number of aryl methyl sites for hydroxylation is 1. The minimum absolute atomic E-state index is 0.0430. The van der Waals surface area contributed by atoms with Gasteiger partial charge in [0.1, 0.15) is 18.9 Å². The van der Waals surface area contributed by atoms with Gasteiger partial charge in [-0.25, -0.2) is 4.98 Å². The van der Waals surface area contributed by atoms with Crippen LogP contribution < -0.4 is 20.8 Å². The largest absolute Gasteiger partial charge is 0.486 e. The van der Waals surface area contributed by atoms with Gasteiger partial charge < -0.3 is 15.2 Å². The first-order chi connectivity index (χ1) is 14.1. The molecule has 0 bridgehead atoms. The number of ether oxygens (including phenoxy) is 2. The average Bonchev–Trinajstić information content (AvgIpc) is 2.73. The normalized spacial score (nSPS) is 16.9. The predicted molar refractivity (Wildman–Crippen MR) is 111 cm³/mol. The number of fused-ring (bicyclic) bond motifs is 2. The summed E-state index contributed by atoms with van der Waals surface area (Å²) in [4.78, 5) is 22.5. The van der Waals surface area contributed by atoms with Crippen molar-refractivity contribution in [3.05, 3.63) is 40.3 Å². The van der Waals surface area contributed by atoms with Gasteiger partial charge in [0.15, 0.2) is 11.5 Å². The van der Waals surface area contributed by atoms with Gasteiger partial charge >= 0.3 is 0 Å². The molecule has 1 saturated carbocycles. The monoisotopic (exact) mass is 392 g/mol. The van der Waals surface area contributed by atoms with E-state index >= 15 is 0 Å². The number of nitrogen functional groups attached to an aromatic ring is 1. The van der Waals surface area contributed by atoms with Crippen LogP contribution in [0.25, 0.3) is 22.2 Å². The van der Waals surface area contributed by atoms with Crippen LogP contribution in [-0.4, -0.2) is 27.7 Å². The molecule has 1 aliphatic carbocycles. The van der Waals surface area contributed by atoms with E-state index in [1.165, 1.54) is 6.42 Å². The lowest BCUT2D eigenvalue weighted by Gasteiger charge is -2.26. The molecule has 7 heteroatoms. The zero-order chi connectivity index (χ0) is 20.0. The first-order valence-electron chi connectivity index (χ1n) is 10.2. The van der Waals surface area contributed by atoms with E-state index in [0.29, 0.717) is 35.9 Å². The first kappa shape index (κ1) is 18.0. The molecule has 0 saturated heterocycles. The van der Waals surface area contributed by atoms with Gasteiger partial charge in [-0.15, -0.1) is 0 Å². The molecule has 3 heterocycles. The quantitative estimate of drug-likeness (QED) is 0.716. The molecule has 0 amide bonds. The van der Waals surface area contributed by atoms with Crippen LogP contribution in [0.15, 0.2) is 29.1 Å². The Hall–Kier alpha value is -3.09. The van der Waals surface area contributed by atoms with Crippen molar-refractivity contribution in [2.75, 3.05) is 18.9 Å². The molecule has 1 aromatic carbocycles. The molecule has 0 radical (unpaired) electrons. The molecule has 5 rings (SSSR count). The van der Waals surface area contributed by atoms with E-state index in [2.05, 4.69) is 9.97 Å². The fraction of sp³-hybridized carbons (Fsp3) is 0.409. The van der Waals surface area contributed by atoms with E-state index in [1.807, 2.05) is 35.8 Å². The Morgan fingerprint density at radius 2 is 1.79 bits per heavy atom. The number of anilines is 1. The van der Waals surface area contributed by atoms with Crippen LogP contribution in [0.3, 0.4) is 0 Å². The molecule has 1 fully saturated rings. The zero-order valence-electron chi connectivity index (χ0n) is 16.5. The van der Waals surface area contributed by atoms with E-state index in [1.54, 1.807) is 0 Å². The molecule has 2 aromatic heterocycles. The van der Waals surface area contributed by atoms with Crippen LogP contribution in [0.1, 0.15) is 43.8 Å². The third-order valence-corrected chi connectivity index (χ3v) is 5.89. The van der Waals surface area contributed by atoms with Gasteiger partial charge in [0.05, 0.1) is 5.69 Å². The van der Waals surface area contributed by atoms with E-state index in [9.17, 15) is 4.79 Å². The van der Waals surface area contributed by atoms with Crippen molar-refractivity contribution >= 4 is 17.0 Å². The molecule has 29 heavy (non-hydrogen) atoms. The van der Waals surface area contributed by atoms with Gasteiger partial charge in [-0.3, -0.25) is 9.36 Å². The number of hydrogen-bond donors (Lipinski definition) is 1. The van der Waals surface area contributed by atoms with Gasteiger partial charge in [0.2, 0.25) is 5.95 Å². The summed E-state index contributed by atoms with van der Waals surface area (Å²) in [5.41, 5.74) is 8.72. The molecule has 150 valence electrons. The van der Waals surface area contributed by atoms with Crippen molar-refractivity contribution in [3.63, 3.8) is 0 Å². The fourth-order valence-electron chi connectivity index (χ4n) is 4.47. The first-order valence-corrected chi connectivity index (χ1v) is 10.2. The van der Waals surface area contributed by atoms with Gasteiger partial charge in [0, 0.05) is 17.0 Å². The molecule has 0 spiro atoms. The van der Waals surface area contributed by atoms with Crippen LogP contribution in [0.4, 0.5) is 5.95 Å². The van der Waals surface area contributed by atoms with Crippen molar-refractivity contribution < 1.29 is 9.47 Å². The predicted octanol–water partition coefficient (Wildman–Crippen LogP) is 3.63. The van der Waals surface area contributed by atoms with Crippen LogP contribution in [0.5, 0.6) is 11.5 Å². The minimum Gasteiger partial charge on any atom is -0.486 e. The topological polar surface area (TPSA) is 92.3 Å². The molecular weight excluding hydrogens is 368 g/mol. The lowest BCUT2D eigenvalue weighted by molar-refractivity contribution is 0.171. The Bertz CT molecular complexity index is 1150. The highest BCUT2D eigenvalue weighted by atomic mass is 16.6. The van der Waals surface area contributed by atoms with E-state index in [0.717, 1.165) is 42.3 Å². The Morgan fingerprint density at radius 1 is 1.03 bits per heavy atom. The van der Waals surface area contributed by atoms with Crippen LogP contribution in [-0.2, 0) is 0 Å². The van der Waals surface area contributed by atoms with Gasteiger partial charge in [-0.05, 0) is 43.5 Å². The van der Waals surface area contributed by atoms with Gasteiger partial charge in [-0.1, -0.05) is 25.3 Å². The van der Waals surface area contributed by atoms with Crippen LogP contribution in [0.2, 0.25) is 0 Å². The van der Waals surface area contributed by atoms with Gasteiger partial charge in [-0.2, -0.15) is 4.98 Å². The third-order valence-electron chi connectivity index (χ3n) is 5.89. The summed E-state index contributed by atoms with van der Waals surface area (Å²) in [6.07, 6.45) is 5.39. The zero-order valence-corrected chi connectivity index (χ0v) is 16.5. The Kier molecular flexibility index (Phi) is 4.38. The standard InChI is InChI=1S/C22H24N4O3/c1-13-16-12-17(14-7-8-18-19(11-14)29-10-9-28-18)21(27)26(15-5-3-2-4-6-15)20(16)25-22(23)24-13/h7-8,11-12,15H,2-6,9-10H2,1H3,(H2,23,24,25). The van der Waals surface area contributed by atoms with Crippen LogP contribution in [0, 0.1) is 6.92 Å². The SMILES string of the molecule is Cc1nc(N)nc2c1cc(-c1ccc3c(c1)OCCO3)c(=O)n2C1CCCCC1. The Labute approximate surface area is 168 Å². The number of pyridine rings is 1. The summed E-state index contributed by atoms with van der Waals surface area (Å²) in [6.45, 7) is 2.95. The van der Waals surface area contributed by atoms with Crippen molar-refractivity contribution in [2.45, 2.75) is 45.1 Å². The maximum absolute atomic E-state index is 13.7. The van der Waals surface area contributed by atoms with Crippen molar-refractivity contribution in [3.8, 4) is 22.6 Å². The Balaban J connectivity index is 1.76. The number of nitrogens with zero attached hydrogens (tertiary/aromatic N) is 3. The number of nitrogens with two attached hydrogens (primary N) is 1. The summed E-state index contributed by atoms with van der Waals surface area (Å²) in [7, 11) is 0. The lowest BCUT2D eigenvalue weighted by Crippen LogP contribution is -2.29. The van der Waals surface area contributed by atoms with Crippen molar-refractivity contribution in [1.29, 1.82) is 0 Å². The molecule has 2 aliphatic rings. The highest BCUT2D eigenvalue weighted by molar-refractivity contribution is 5.84. The highest BCUT2D eigenvalue weighted by Gasteiger charge is 2.23. The lowest BCUT2D eigenvalue weighted by atomic mass is 9.94. The smallest absolute Gasteiger partial charge is 0.260 e. The number of aromatic nitrogens is 3. The number of hydrogen-bond acceptors (Lipinski definition) is 6. The molecule has 7 nitrogen and oxygen atoms in total. The van der Waals surface area contributed by atoms with Gasteiger partial charge in [0.25, 0.3) is 5.56 Å². The highest BCUT2D eigenvalue weighted by Crippen LogP contribution is 2.36. The summed E-state index contributed by atoms with van der Waals surface area (Å²) in [5.74, 6) is 1.58. The van der Waals surface area contributed by atoms with Crippen molar-refractivity contribution in [1.82, 2.24) is 14.5 Å². The molecule has 1 aliphatic heterocycles. The molecular formula is C22H24N4O3. The van der Waals surface area contributed by atoms with Crippen LogP contribution >= 0.6 is 0 Å². The van der Waals surface area contributed by atoms with E-state index < -0.39 is 0 Å². The summed E-state index contributed by atoms with van der Waals surface area (Å²) >= 11 is 0. The summed E-state index contributed by atoms with van der Waals surface area (Å²) in [6, 6.07) is 7.68. The third kappa shape index (κ3) is 3.10. The summed E-state index contributed by atoms with van der Waals surface area (Å²) in [5, 5.41) is 0.856. The van der Waals surface area contributed by atoms with E-state index in [-0.39, 0.29) is 17.5 Å². The Morgan fingerprint density at radius 3 is 2.59 bits per heavy atom. The number of benzene rings is 1. The molecule has 0 atom stereocenters. The fourth-order valence-corrected chi connectivity index (χ4v) is 4.47. The summed E-state index contributed by atoms with van der Waals surface area (Å²) < 4.78 is 13.2. The second-order valence-electron chi connectivity index (χ2n) is 7.79. The molecule has 3 aromatic rings. The second kappa shape index (κ2) is 7.06. The second-order valence-corrected chi connectivity index (χ2v) is 7.79. The van der Waals surface area contributed by atoms with E-state index in [4.69, 9.17) is 15.2 Å². The number of rotatable bonds is 2. The minimum atomic E-state index is -0.0430. The average molecular weight is 392 g/mol.